The zero-order valence-corrected chi connectivity index (χ0v) is 21.4. The standard InChI is InChI=1S/C27H32FN7O/c1-17-14-18(2)23-19(15-17)16-20(26(36)29-23)24(25-30-31-32-35(25)27(3,4)5)34-12-10-33(11-13-34)22-9-7-6-8-21(22)28/h6-9,14-16,24H,10-13H2,1-5H3,(H,29,36)/t24-/m0/s1. The normalized spacial score (nSPS) is 16.0. The number of para-hydroxylation sites is 1. The molecule has 3 heterocycles. The number of halogens is 1. The first-order valence-electron chi connectivity index (χ1n) is 12.3. The smallest absolute Gasteiger partial charge is 0.253 e. The zero-order chi connectivity index (χ0) is 25.6. The van der Waals surface area contributed by atoms with E-state index in [1.807, 2.05) is 44.7 Å². The quantitative estimate of drug-likeness (QED) is 0.468. The van der Waals surface area contributed by atoms with Gasteiger partial charge < -0.3 is 9.88 Å². The molecule has 1 N–H and O–H groups in total. The van der Waals surface area contributed by atoms with Crippen LogP contribution < -0.4 is 10.5 Å². The summed E-state index contributed by atoms with van der Waals surface area (Å²) in [5.74, 6) is 0.395. The van der Waals surface area contributed by atoms with Gasteiger partial charge >= 0.3 is 0 Å². The number of tetrazole rings is 1. The number of pyridine rings is 1. The maximum absolute atomic E-state index is 14.4. The fourth-order valence-electron chi connectivity index (χ4n) is 5.18. The molecule has 0 amide bonds. The third-order valence-electron chi connectivity index (χ3n) is 6.86. The molecular formula is C27H32FN7O. The van der Waals surface area contributed by atoms with Crippen LogP contribution in [0.15, 0.2) is 47.3 Å². The minimum absolute atomic E-state index is 0.153. The van der Waals surface area contributed by atoms with E-state index in [-0.39, 0.29) is 16.9 Å². The molecule has 0 spiro atoms. The number of nitrogens with zero attached hydrogens (tertiary/aromatic N) is 6. The van der Waals surface area contributed by atoms with Crippen molar-refractivity contribution in [3.05, 3.63) is 81.2 Å². The molecule has 0 bridgehead atoms. The van der Waals surface area contributed by atoms with Crippen LogP contribution in [-0.2, 0) is 5.54 Å². The van der Waals surface area contributed by atoms with Gasteiger partial charge in [-0.3, -0.25) is 9.69 Å². The summed E-state index contributed by atoms with van der Waals surface area (Å²) in [7, 11) is 0. The van der Waals surface area contributed by atoms with Gasteiger partial charge in [0.1, 0.15) is 11.9 Å². The van der Waals surface area contributed by atoms with Crippen LogP contribution in [0.25, 0.3) is 10.9 Å². The van der Waals surface area contributed by atoms with Crippen LogP contribution >= 0.6 is 0 Å². The topological polar surface area (TPSA) is 82.9 Å². The number of hydrogen-bond acceptors (Lipinski definition) is 6. The van der Waals surface area contributed by atoms with Crippen LogP contribution in [-0.4, -0.2) is 56.3 Å². The first kappa shape index (κ1) is 24.1. The molecule has 1 saturated heterocycles. The number of anilines is 1. The number of piperazine rings is 1. The highest BCUT2D eigenvalue weighted by Gasteiger charge is 2.35. The van der Waals surface area contributed by atoms with Crippen molar-refractivity contribution < 1.29 is 4.39 Å². The van der Waals surface area contributed by atoms with Crippen LogP contribution in [0.1, 0.15) is 49.3 Å². The third kappa shape index (κ3) is 4.39. The van der Waals surface area contributed by atoms with Crippen molar-refractivity contribution in [2.45, 2.75) is 46.2 Å². The van der Waals surface area contributed by atoms with Crippen molar-refractivity contribution in [1.82, 2.24) is 30.1 Å². The molecule has 2 aromatic carbocycles. The monoisotopic (exact) mass is 489 g/mol. The highest BCUT2D eigenvalue weighted by atomic mass is 19.1. The van der Waals surface area contributed by atoms with Crippen molar-refractivity contribution in [3.63, 3.8) is 0 Å². The third-order valence-corrected chi connectivity index (χ3v) is 6.86. The van der Waals surface area contributed by atoms with Crippen LogP contribution in [0.3, 0.4) is 0 Å². The molecule has 5 rings (SSSR count). The lowest BCUT2D eigenvalue weighted by Crippen LogP contribution is -2.49. The number of aryl methyl sites for hydroxylation is 2. The second-order valence-electron chi connectivity index (χ2n) is 10.6. The summed E-state index contributed by atoms with van der Waals surface area (Å²) in [5.41, 5.74) is 3.68. The van der Waals surface area contributed by atoms with E-state index < -0.39 is 6.04 Å². The highest BCUT2D eigenvalue weighted by molar-refractivity contribution is 5.83. The Hall–Kier alpha value is -3.59. The lowest BCUT2D eigenvalue weighted by molar-refractivity contribution is 0.190. The number of aromatic amines is 1. The predicted octanol–water partition coefficient (Wildman–Crippen LogP) is 3.94. The van der Waals surface area contributed by atoms with Gasteiger partial charge in [0.05, 0.1) is 16.7 Å². The van der Waals surface area contributed by atoms with Gasteiger partial charge in [0.15, 0.2) is 5.82 Å². The molecule has 0 radical (unpaired) electrons. The Kier molecular flexibility index (Phi) is 6.12. The molecule has 9 heteroatoms. The van der Waals surface area contributed by atoms with Gasteiger partial charge in [-0.05, 0) is 80.3 Å². The maximum atomic E-state index is 14.4. The average molecular weight is 490 g/mol. The van der Waals surface area contributed by atoms with Gasteiger partial charge in [-0.2, -0.15) is 0 Å². The summed E-state index contributed by atoms with van der Waals surface area (Å²) < 4.78 is 16.2. The fourth-order valence-corrected chi connectivity index (χ4v) is 5.18. The van der Waals surface area contributed by atoms with Gasteiger partial charge in [0.25, 0.3) is 5.56 Å². The summed E-state index contributed by atoms with van der Waals surface area (Å²) in [6.45, 7) is 12.7. The Balaban J connectivity index is 1.59. The van der Waals surface area contributed by atoms with Crippen LogP contribution in [0.2, 0.25) is 0 Å². The molecule has 0 unspecified atom stereocenters. The Morgan fingerprint density at radius 3 is 2.44 bits per heavy atom. The van der Waals surface area contributed by atoms with Gasteiger partial charge in [0, 0.05) is 31.7 Å². The van der Waals surface area contributed by atoms with Crippen LogP contribution in [0.4, 0.5) is 10.1 Å². The van der Waals surface area contributed by atoms with Gasteiger partial charge in [-0.15, -0.1) is 5.10 Å². The van der Waals surface area contributed by atoms with Crippen LogP contribution in [0, 0.1) is 19.7 Å². The number of hydrogen-bond donors (Lipinski definition) is 1. The number of aromatic nitrogens is 5. The molecule has 1 aliphatic heterocycles. The Bertz CT molecular complexity index is 1460. The largest absolute Gasteiger partial charge is 0.367 e. The number of fused-ring (bicyclic) bond motifs is 1. The Morgan fingerprint density at radius 2 is 1.75 bits per heavy atom. The SMILES string of the molecule is Cc1cc(C)c2[nH]c(=O)c([C@@H](c3nnnn3C(C)(C)C)N3CCN(c4ccccc4F)CC3)cc2c1. The molecule has 36 heavy (non-hydrogen) atoms. The average Bonchev–Trinajstić information content (AvgIpc) is 3.31. The van der Waals surface area contributed by atoms with Crippen molar-refractivity contribution in [1.29, 1.82) is 0 Å². The first-order chi connectivity index (χ1) is 17.1. The van der Waals surface area contributed by atoms with Crippen molar-refractivity contribution in [2.24, 2.45) is 0 Å². The maximum Gasteiger partial charge on any atom is 0.253 e. The van der Waals surface area contributed by atoms with Gasteiger partial charge in [-0.25, -0.2) is 9.07 Å². The second-order valence-corrected chi connectivity index (χ2v) is 10.6. The van der Waals surface area contributed by atoms with Gasteiger partial charge in [-0.1, -0.05) is 23.8 Å². The molecule has 2 aromatic heterocycles. The summed E-state index contributed by atoms with van der Waals surface area (Å²) >= 11 is 0. The lowest BCUT2D eigenvalue weighted by atomic mass is 9.99. The number of H-pyrrole nitrogens is 1. The minimum Gasteiger partial charge on any atom is -0.367 e. The van der Waals surface area contributed by atoms with E-state index in [1.165, 1.54) is 6.07 Å². The minimum atomic E-state index is -0.448. The van der Waals surface area contributed by atoms with E-state index in [1.54, 1.807) is 16.8 Å². The van der Waals surface area contributed by atoms with E-state index in [4.69, 9.17) is 0 Å². The molecule has 0 saturated carbocycles. The van der Waals surface area contributed by atoms with E-state index in [0.29, 0.717) is 43.3 Å². The molecule has 4 aromatic rings. The summed E-state index contributed by atoms with van der Waals surface area (Å²) in [5, 5.41) is 13.7. The van der Waals surface area contributed by atoms with Crippen molar-refractivity contribution in [3.8, 4) is 0 Å². The summed E-state index contributed by atoms with van der Waals surface area (Å²) in [6, 6.07) is 12.5. The summed E-state index contributed by atoms with van der Waals surface area (Å²) in [6.07, 6.45) is 0. The van der Waals surface area contributed by atoms with Gasteiger partial charge in [0.2, 0.25) is 0 Å². The number of nitrogens with one attached hydrogen (secondary N) is 1. The number of benzene rings is 2. The first-order valence-corrected chi connectivity index (χ1v) is 12.3. The van der Waals surface area contributed by atoms with Crippen molar-refractivity contribution in [2.75, 3.05) is 31.1 Å². The Labute approximate surface area is 209 Å². The van der Waals surface area contributed by atoms with Crippen molar-refractivity contribution >= 4 is 16.6 Å². The molecule has 1 aliphatic rings. The molecule has 0 aliphatic carbocycles. The molecule has 8 nitrogen and oxygen atoms in total. The Morgan fingerprint density at radius 1 is 1.03 bits per heavy atom. The van der Waals surface area contributed by atoms with E-state index in [0.717, 1.165) is 22.0 Å². The molecule has 1 atom stereocenters. The summed E-state index contributed by atoms with van der Waals surface area (Å²) in [4.78, 5) is 20.9. The second kappa shape index (κ2) is 9.13. The zero-order valence-electron chi connectivity index (χ0n) is 21.4. The van der Waals surface area contributed by atoms with Crippen LogP contribution in [0.5, 0.6) is 0 Å². The predicted molar refractivity (Wildman–Crippen MR) is 139 cm³/mol. The molecular weight excluding hydrogens is 457 g/mol. The van der Waals surface area contributed by atoms with E-state index >= 15 is 0 Å². The highest BCUT2D eigenvalue weighted by Crippen LogP contribution is 2.31. The van der Waals surface area contributed by atoms with E-state index in [9.17, 15) is 9.18 Å². The molecule has 1 fully saturated rings. The number of rotatable bonds is 4. The fraction of sp³-hybridized carbons (Fsp3) is 0.407. The molecule has 188 valence electrons. The van der Waals surface area contributed by atoms with E-state index in [2.05, 4.69) is 44.5 Å². The lowest BCUT2D eigenvalue weighted by Gasteiger charge is -2.40.